The lowest BCUT2D eigenvalue weighted by Gasteiger charge is -2.30. The summed E-state index contributed by atoms with van der Waals surface area (Å²) in [6.45, 7) is 21.4. The van der Waals surface area contributed by atoms with E-state index in [0.717, 1.165) is 40.9 Å². The van der Waals surface area contributed by atoms with Crippen LogP contribution in [0, 0.1) is 19.7 Å². The maximum atomic E-state index is 15.5. The molecule has 4 rings (SSSR count). The number of benzene rings is 1. The van der Waals surface area contributed by atoms with E-state index in [9.17, 15) is 0 Å². The average Bonchev–Trinajstić information content (AvgIpc) is 3.32. The number of aryl methyl sites for hydroxylation is 4. The van der Waals surface area contributed by atoms with Gasteiger partial charge in [-0.2, -0.15) is 5.10 Å². The fourth-order valence-electron chi connectivity index (χ4n) is 5.24. The molecule has 1 atom stereocenters. The van der Waals surface area contributed by atoms with Crippen LogP contribution >= 0.6 is 0 Å². The van der Waals surface area contributed by atoms with Crippen LogP contribution in [0.1, 0.15) is 69.1 Å². The van der Waals surface area contributed by atoms with Gasteiger partial charge < -0.3 is 9.47 Å². The summed E-state index contributed by atoms with van der Waals surface area (Å²) in [5.41, 5.74) is 6.34. The van der Waals surface area contributed by atoms with E-state index in [1.54, 1.807) is 10.7 Å². The van der Waals surface area contributed by atoms with E-state index in [0.29, 0.717) is 48.3 Å². The summed E-state index contributed by atoms with van der Waals surface area (Å²) in [6.07, 6.45) is 4.81. The van der Waals surface area contributed by atoms with Crippen LogP contribution in [0.25, 0.3) is 22.8 Å². The van der Waals surface area contributed by atoms with E-state index in [1.807, 2.05) is 53.0 Å². The molecule has 8 heteroatoms. The summed E-state index contributed by atoms with van der Waals surface area (Å²) in [5, 5.41) is 9.44. The SMILES string of the molecule is C=C1/C=C/c2c(OCC)nn(CCC)c2CN(C(C)C)CC(C)Oc2c(c(C)nn2C)-c2cc1c(C)cc2F. The predicted octanol–water partition coefficient (Wildman–Crippen LogP) is 6.57. The number of hydrogen-bond acceptors (Lipinski definition) is 5. The van der Waals surface area contributed by atoms with E-state index in [2.05, 4.69) is 42.0 Å². The molecule has 0 aliphatic carbocycles. The van der Waals surface area contributed by atoms with Gasteiger partial charge in [0.15, 0.2) is 0 Å². The van der Waals surface area contributed by atoms with Crippen LogP contribution in [-0.2, 0) is 20.1 Å². The molecule has 0 radical (unpaired) electrons. The van der Waals surface area contributed by atoms with Crippen molar-refractivity contribution in [1.82, 2.24) is 24.5 Å². The van der Waals surface area contributed by atoms with Crippen LogP contribution < -0.4 is 9.47 Å². The molecular formula is C31H42FN5O2. The van der Waals surface area contributed by atoms with Crippen molar-refractivity contribution in [3.63, 3.8) is 0 Å². The highest BCUT2D eigenvalue weighted by molar-refractivity contribution is 5.83. The molecule has 3 heterocycles. The molecule has 1 aliphatic heterocycles. The van der Waals surface area contributed by atoms with Gasteiger partial charge >= 0.3 is 0 Å². The Morgan fingerprint density at radius 3 is 2.56 bits per heavy atom. The zero-order valence-corrected chi connectivity index (χ0v) is 24.6. The average molecular weight is 536 g/mol. The molecule has 3 aromatic rings. The molecule has 39 heavy (non-hydrogen) atoms. The summed E-state index contributed by atoms with van der Waals surface area (Å²) in [7, 11) is 1.84. The standard InChI is InChI=1S/C31H42FN5O2/c1-10-14-37-28-18-36(19(3)4)17-22(7)39-31-29(23(8)33-35(31)9)26-16-25(21(6)15-27(26)32)20(5)12-13-24(28)30(34-37)38-11-2/h12-13,15-16,19,22H,5,10-11,14,17-18H2,1-4,6-9H3/b13-12+. The topological polar surface area (TPSA) is 57.3 Å². The maximum absolute atomic E-state index is 15.5. The van der Waals surface area contributed by atoms with Crippen LogP contribution in [0.5, 0.6) is 11.8 Å². The molecule has 1 unspecified atom stereocenters. The fraction of sp³-hybridized carbons (Fsp3) is 0.484. The number of rotatable bonds is 5. The van der Waals surface area contributed by atoms with Gasteiger partial charge in [-0.1, -0.05) is 19.6 Å². The summed E-state index contributed by atoms with van der Waals surface area (Å²) in [4.78, 5) is 2.38. The Bertz CT molecular complexity index is 1380. The van der Waals surface area contributed by atoms with E-state index >= 15 is 4.39 Å². The second kappa shape index (κ2) is 11.8. The molecule has 0 spiro atoms. The highest BCUT2D eigenvalue weighted by atomic mass is 19.1. The van der Waals surface area contributed by atoms with Crippen molar-refractivity contribution in [1.29, 1.82) is 0 Å². The Morgan fingerprint density at radius 2 is 1.90 bits per heavy atom. The lowest BCUT2D eigenvalue weighted by Crippen LogP contribution is -2.39. The van der Waals surface area contributed by atoms with Crippen LogP contribution in [0.4, 0.5) is 4.39 Å². The van der Waals surface area contributed by atoms with Gasteiger partial charge in [0.2, 0.25) is 11.8 Å². The quantitative estimate of drug-likeness (QED) is 0.370. The van der Waals surface area contributed by atoms with Gasteiger partial charge in [-0.3, -0.25) is 9.58 Å². The third kappa shape index (κ3) is 5.81. The van der Waals surface area contributed by atoms with Crippen molar-refractivity contribution < 1.29 is 13.9 Å². The monoisotopic (exact) mass is 535 g/mol. The summed E-state index contributed by atoms with van der Waals surface area (Å²) < 4.78 is 31.8. The molecule has 1 aliphatic rings. The minimum atomic E-state index is -0.309. The highest BCUT2D eigenvalue weighted by Gasteiger charge is 2.26. The minimum absolute atomic E-state index is 0.179. The number of hydrogen-bond donors (Lipinski definition) is 0. The van der Waals surface area contributed by atoms with Gasteiger partial charge in [0, 0.05) is 38.3 Å². The molecule has 2 aromatic heterocycles. The largest absolute Gasteiger partial charge is 0.476 e. The molecule has 0 saturated carbocycles. The number of fused-ring (bicyclic) bond motifs is 5. The Labute approximate surface area is 231 Å². The molecule has 2 bridgehead atoms. The molecule has 1 aromatic carbocycles. The lowest BCUT2D eigenvalue weighted by atomic mass is 9.94. The summed E-state index contributed by atoms with van der Waals surface area (Å²) in [5.74, 6) is 0.869. The number of nitrogens with zero attached hydrogens (tertiary/aromatic N) is 5. The lowest BCUT2D eigenvalue weighted by molar-refractivity contribution is 0.110. The smallest absolute Gasteiger partial charge is 0.240 e. The van der Waals surface area contributed by atoms with Gasteiger partial charge in [-0.05, 0) is 82.9 Å². The number of aromatic nitrogens is 4. The molecule has 0 N–H and O–H groups in total. The van der Waals surface area contributed by atoms with Crippen molar-refractivity contribution >= 4 is 11.6 Å². The first kappa shape index (κ1) is 28.6. The second-order valence-electron chi connectivity index (χ2n) is 10.7. The molecule has 7 nitrogen and oxygen atoms in total. The highest BCUT2D eigenvalue weighted by Crippen LogP contribution is 2.38. The molecular weight excluding hydrogens is 493 g/mol. The Kier molecular flexibility index (Phi) is 8.64. The van der Waals surface area contributed by atoms with E-state index in [-0.39, 0.29) is 18.0 Å². The van der Waals surface area contributed by atoms with Gasteiger partial charge in [0.05, 0.1) is 29.1 Å². The number of halogens is 1. The van der Waals surface area contributed by atoms with Gasteiger partial charge in [0.25, 0.3) is 0 Å². The van der Waals surface area contributed by atoms with Crippen molar-refractivity contribution in [2.75, 3.05) is 13.2 Å². The Balaban J connectivity index is 1.95. The van der Waals surface area contributed by atoms with Crippen LogP contribution in [0.2, 0.25) is 0 Å². The summed E-state index contributed by atoms with van der Waals surface area (Å²) in [6, 6.07) is 3.68. The van der Waals surface area contributed by atoms with Crippen LogP contribution in [0.3, 0.4) is 0 Å². The zero-order valence-electron chi connectivity index (χ0n) is 24.6. The summed E-state index contributed by atoms with van der Waals surface area (Å²) >= 11 is 0. The van der Waals surface area contributed by atoms with Crippen molar-refractivity contribution in [3.05, 3.63) is 58.7 Å². The normalized spacial score (nSPS) is 17.3. The van der Waals surface area contributed by atoms with Gasteiger partial charge in [0.1, 0.15) is 11.9 Å². The van der Waals surface area contributed by atoms with Crippen LogP contribution in [0.15, 0.2) is 24.8 Å². The number of allylic oxidation sites excluding steroid dienone is 2. The minimum Gasteiger partial charge on any atom is -0.476 e. The predicted molar refractivity (Wildman–Crippen MR) is 155 cm³/mol. The van der Waals surface area contributed by atoms with Crippen molar-refractivity contribution in [2.45, 2.75) is 80.1 Å². The molecule has 210 valence electrons. The van der Waals surface area contributed by atoms with E-state index in [1.165, 1.54) is 0 Å². The first-order chi connectivity index (χ1) is 18.5. The van der Waals surface area contributed by atoms with Crippen molar-refractivity contribution in [2.24, 2.45) is 7.05 Å². The maximum Gasteiger partial charge on any atom is 0.240 e. The fourth-order valence-corrected chi connectivity index (χ4v) is 5.24. The third-order valence-electron chi connectivity index (χ3n) is 7.22. The van der Waals surface area contributed by atoms with Crippen molar-refractivity contribution in [3.8, 4) is 22.9 Å². The van der Waals surface area contributed by atoms with E-state index in [4.69, 9.17) is 14.6 Å². The Morgan fingerprint density at radius 1 is 1.15 bits per heavy atom. The zero-order chi connectivity index (χ0) is 28.4. The van der Waals surface area contributed by atoms with Crippen LogP contribution in [-0.4, -0.2) is 49.8 Å². The number of ether oxygens (including phenoxy) is 2. The van der Waals surface area contributed by atoms with E-state index < -0.39 is 0 Å². The molecule has 0 fully saturated rings. The second-order valence-corrected chi connectivity index (χ2v) is 10.7. The van der Waals surface area contributed by atoms with Gasteiger partial charge in [-0.15, -0.1) is 5.10 Å². The third-order valence-corrected chi connectivity index (χ3v) is 7.22. The first-order valence-electron chi connectivity index (χ1n) is 13.9. The first-order valence-corrected chi connectivity index (χ1v) is 13.9. The Hall–Kier alpha value is -3.39. The molecule has 0 saturated heterocycles. The molecule has 0 amide bonds. The van der Waals surface area contributed by atoms with Gasteiger partial charge in [-0.25, -0.2) is 9.07 Å².